The van der Waals surface area contributed by atoms with Gasteiger partial charge in [0.1, 0.15) is 0 Å². The summed E-state index contributed by atoms with van der Waals surface area (Å²) in [6.45, 7) is 35.6. The molecule has 78 heavy (non-hydrogen) atoms. The molecule has 0 bridgehead atoms. The molecule has 1 spiro atoms. The van der Waals surface area contributed by atoms with Gasteiger partial charge in [0.2, 0.25) is 0 Å². The van der Waals surface area contributed by atoms with Gasteiger partial charge in [0, 0.05) is 49.2 Å². The Labute approximate surface area is 459 Å². The van der Waals surface area contributed by atoms with Crippen molar-refractivity contribution in [3.63, 3.8) is 0 Å². The van der Waals surface area contributed by atoms with Crippen molar-refractivity contribution in [1.29, 1.82) is 0 Å². The Hall–Kier alpha value is -7.56. The van der Waals surface area contributed by atoms with Crippen molar-refractivity contribution in [2.45, 2.75) is 131 Å². The number of aromatic nitrogens is 3. The van der Waals surface area contributed by atoms with Gasteiger partial charge in [0.15, 0.2) is 0 Å². The Balaban J connectivity index is 1.19. The molecule has 0 saturated carbocycles. The molecule has 0 unspecified atom stereocenters. The molecule has 3 nitrogen and oxygen atoms in total. The molecule has 0 atom stereocenters. The first kappa shape index (κ1) is 46.5. The molecule has 382 valence electrons. The number of aryl methyl sites for hydroxylation is 3. The number of fused-ring (bicyclic) bond motifs is 18. The minimum absolute atomic E-state index is 0.0635. The highest BCUT2D eigenvalue weighted by molar-refractivity contribution is 7.02. The molecule has 6 heterocycles. The van der Waals surface area contributed by atoms with Crippen molar-refractivity contribution in [2.75, 3.05) is 0 Å². The Bertz CT molecular complexity index is 4710. The van der Waals surface area contributed by atoms with Crippen molar-refractivity contribution in [2.24, 2.45) is 0 Å². The summed E-state index contributed by atoms with van der Waals surface area (Å²) in [5, 5.41) is 8.01. The molecule has 0 amide bonds. The van der Waals surface area contributed by atoms with E-state index in [4.69, 9.17) is 0 Å². The van der Waals surface area contributed by atoms with Crippen LogP contribution in [0.4, 0.5) is 0 Å². The summed E-state index contributed by atoms with van der Waals surface area (Å²) in [7, 11) is 0. The first-order valence-corrected chi connectivity index (χ1v) is 28.7. The average molecular weight is 1010 g/mol. The monoisotopic (exact) mass is 1010 g/mol. The van der Waals surface area contributed by atoms with Gasteiger partial charge in [0.25, 0.3) is 6.71 Å². The van der Waals surface area contributed by atoms with Gasteiger partial charge in [-0.1, -0.05) is 192 Å². The molecule has 3 aliphatic heterocycles. The summed E-state index contributed by atoms with van der Waals surface area (Å²) >= 11 is 0. The average Bonchev–Trinajstić information content (AvgIpc) is 2.25. The SMILES string of the molecule is Cc1cc(C)c(-n2c3ccccc3c3c4c5c(cc32)c2ccccc2n5-c2ccc3c5c2B4c2cc(C(C)(C)C)cc4c6cc(C(C)(C)C)cc(c6n-5c24)C32c3cc(C(C)(C)C)ccc3-c3ccc(C(C)(C)C)cc32)c(C)c1. The van der Waals surface area contributed by atoms with E-state index in [0.717, 1.165) is 0 Å². The third kappa shape index (κ3) is 5.52. The highest BCUT2D eigenvalue weighted by Crippen LogP contribution is 2.63. The van der Waals surface area contributed by atoms with Gasteiger partial charge < -0.3 is 13.7 Å². The van der Waals surface area contributed by atoms with E-state index in [2.05, 4.69) is 257 Å². The number of hydrogen-bond acceptors (Lipinski definition) is 0. The van der Waals surface area contributed by atoms with Crippen LogP contribution in [0.2, 0.25) is 0 Å². The van der Waals surface area contributed by atoms with Gasteiger partial charge in [-0.25, -0.2) is 0 Å². The predicted octanol–water partition coefficient (Wildman–Crippen LogP) is 16.9. The quantitative estimate of drug-likeness (QED) is 0.146. The summed E-state index contributed by atoms with van der Waals surface area (Å²) in [5.41, 5.74) is 32.8. The highest BCUT2D eigenvalue weighted by Gasteiger charge is 2.55. The van der Waals surface area contributed by atoms with Crippen LogP contribution >= 0.6 is 0 Å². The molecule has 16 rings (SSSR count). The van der Waals surface area contributed by atoms with Crippen LogP contribution in [0.5, 0.6) is 0 Å². The summed E-state index contributed by atoms with van der Waals surface area (Å²) in [5.74, 6) is 0. The maximum atomic E-state index is 2.82. The zero-order chi connectivity index (χ0) is 54.0. The molecule has 0 saturated heterocycles. The number of nitrogens with zero attached hydrogens (tertiary/aromatic N) is 3. The van der Waals surface area contributed by atoms with Crippen LogP contribution in [0.1, 0.15) is 144 Å². The van der Waals surface area contributed by atoms with Crippen molar-refractivity contribution in [1.82, 2.24) is 13.7 Å². The first-order valence-electron chi connectivity index (χ1n) is 28.7. The smallest absolute Gasteiger partial charge is 0.253 e. The molecule has 0 radical (unpaired) electrons. The summed E-state index contributed by atoms with van der Waals surface area (Å²) in [4.78, 5) is 0. The maximum Gasteiger partial charge on any atom is 0.253 e. The standard InChI is InChI=1S/C74H68BN3/c1-39-30-40(2)65(41(3)31-39)77-59-23-19-17-21-49(59)62-61(77)38-52-48-20-16-18-22-58(48)76-60-29-28-53-69-63(60)75(64(62)68(52)76)57-37-45(73(13,14)15)33-51-50-32-44(72(10,11)12)36-56(66(50)78(69)67(51)57)74(53)54-34-42(70(4,5)6)24-26-46(54)47-27-25-43(35-55(47)74)71(7,8)9/h16-38H,1-15H3. The lowest BCUT2D eigenvalue weighted by atomic mass is 9.33. The van der Waals surface area contributed by atoms with Crippen LogP contribution in [0, 0.1) is 20.8 Å². The fourth-order valence-electron chi connectivity index (χ4n) is 15.9. The second-order valence-corrected chi connectivity index (χ2v) is 28.3. The predicted molar refractivity (Wildman–Crippen MR) is 334 cm³/mol. The zero-order valence-electron chi connectivity index (χ0n) is 48.2. The lowest BCUT2D eigenvalue weighted by Gasteiger charge is -2.45. The molecule has 4 heteroatoms. The molecule has 3 aromatic heterocycles. The minimum Gasteiger partial charge on any atom is -0.310 e. The number of rotatable bonds is 1. The Kier molecular flexibility index (Phi) is 8.57. The largest absolute Gasteiger partial charge is 0.310 e. The van der Waals surface area contributed by atoms with E-state index in [1.807, 2.05) is 0 Å². The van der Waals surface area contributed by atoms with Crippen molar-refractivity contribution < 1.29 is 0 Å². The Morgan fingerprint density at radius 1 is 0.372 bits per heavy atom. The van der Waals surface area contributed by atoms with Crippen LogP contribution in [0.15, 0.2) is 140 Å². The third-order valence-electron chi connectivity index (χ3n) is 19.4. The van der Waals surface area contributed by atoms with Gasteiger partial charge in [-0.2, -0.15) is 0 Å². The van der Waals surface area contributed by atoms with E-state index in [1.165, 1.54) is 171 Å². The lowest BCUT2D eigenvalue weighted by molar-refractivity contribution is 0.583. The highest BCUT2D eigenvalue weighted by atomic mass is 15.1. The first-order chi connectivity index (χ1) is 37.0. The molecular weight excluding hydrogens is 942 g/mol. The summed E-state index contributed by atoms with van der Waals surface area (Å²) in [6, 6.07) is 56.7. The number of hydrogen-bond donors (Lipinski definition) is 0. The van der Waals surface area contributed by atoms with Crippen LogP contribution in [0.25, 0.3) is 93.6 Å². The number of benzene rings is 9. The molecule has 1 aliphatic carbocycles. The lowest BCUT2D eigenvalue weighted by Crippen LogP contribution is -2.61. The van der Waals surface area contributed by atoms with Gasteiger partial charge in [-0.05, 0) is 162 Å². The van der Waals surface area contributed by atoms with E-state index in [9.17, 15) is 0 Å². The van der Waals surface area contributed by atoms with E-state index in [1.54, 1.807) is 0 Å². The van der Waals surface area contributed by atoms with Gasteiger partial charge in [-0.15, -0.1) is 0 Å². The molecule has 0 N–H and O–H groups in total. The fraction of sp³-hybridized carbons (Fsp3) is 0.270. The fourth-order valence-corrected chi connectivity index (χ4v) is 15.9. The zero-order valence-corrected chi connectivity index (χ0v) is 48.2. The Morgan fingerprint density at radius 3 is 1.50 bits per heavy atom. The molecule has 9 aromatic carbocycles. The second-order valence-electron chi connectivity index (χ2n) is 28.3. The topological polar surface area (TPSA) is 14.8 Å². The summed E-state index contributed by atoms with van der Waals surface area (Å²) in [6.07, 6.45) is 0. The molecule has 12 aromatic rings. The van der Waals surface area contributed by atoms with Gasteiger partial charge >= 0.3 is 0 Å². The molecular formula is C74H68BN3. The van der Waals surface area contributed by atoms with Gasteiger partial charge in [-0.3, -0.25) is 0 Å². The maximum absolute atomic E-state index is 2.82. The number of para-hydroxylation sites is 2. The van der Waals surface area contributed by atoms with E-state index in [0.29, 0.717) is 0 Å². The minimum atomic E-state index is -0.632. The van der Waals surface area contributed by atoms with E-state index < -0.39 is 5.41 Å². The van der Waals surface area contributed by atoms with Gasteiger partial charge in [0.05, 0.1) is 38.7 Å². The van der Waals surface area contributed by atoms with Crippen LogP contribution in [0.3, 0.4) is 0 Å². The Morgan fingerprint density at radius 2 is 0.897 bits per heavy atom. The van der Waals surface area contributed by atoms with E-state index in [-0.39, 0.29) is 28.4 Å². The van der Waals surface area contributed by atoms with Crippen LogP contribution in [-0.2, 0) is 27.1 Å². The van der Waals surface area contributed by atoms with Crippen LogP contribution in [-0.4, -0.2) is 20.4 Å². The van der Waals surface area contributed by atoms with Crippen molar-refractivity contribution in [3.8, 4) is 28.2 Å². The van der Waals surface area contributed by atoms with Crippen molar-refractivity contribution in [3.05, 3.63) is 201 Å². The second kappa shape index (κ2) is 14.4. The molecule has 0 fully saturated rings. The molecule has 4 aliphatic rings. The van der Waals surface area contributed by atoms with Crippen molar-refractivity contribution >= 4 is 88.5 Å². The van der Waals surface area contributed by atoms with Crippen LogP contribution < -0.4 is 16.4 Å². The summed E-state index contributed by atoms with van der Waals surface area (Å²) < 4.78 is 8.15. The normalized spacial score (nSPS) is 14.9. The third-order valence-corrected chi connectivity index (χ3v) is 19.4. The van der Waals surface area contributed by atoms with E-state index >= 15 is 0 Å².